The van der Waals surface area contributed by atoms with Crippen LogP contribution in [-0.2, 0) is 4.79 Å². The van der Waals surface area contributed by atoms with Gasteiger partial charge in [0.05, 0.1) is 10.7 Å². The Morgan fingerprint density at radius 3 is 2.88 bits per heavy atom. The van der Waals surface area contributed by atoms with Crippen molar-refractivity contribution in [1.29, 1.82) is 0 Å². The SMILES string of the molecule is CCC(=O)Nc1ccc(Cl)c(NCCCN)c1. The van der Waals surface area contributed by atoms with E-state index in [1.54, 1.807) is 12.1 Å². The van der Waals surface area contributed by atoms with Crippen molar-refractivity contribution in [2.45, 2.75) is 19.8 Å². The Kier molecular flexibility index (Phi) is 5.80. The van der Waals surface area contributed by atoms with Crippen LogP contribution in [0.25, 0.3) is 0 Å². The van der Waals surface area contributed by atoms with Gasteiger partial charge in [0.15, 0.2) is 0 Å². The summed E-state index contributed by atoms with van der Waals surface area (Å²) in [4.78, 5) is 11.3. The maximum Gasteiger partial charge on any atom is 0.224 e. The number of nitrogens with one attached hydrogen (secondary N) is 2. The molecule has 0 aliphatic rings. The predicted molar refractivity (Wildman–Crippen MR) is 72.5 cm³/mol. The van der Waals surface area contributed by atoms with Crippen molar-refractivity contribution >= 4 is 28.9 Å². The number of rotatable bonds is 6. The lowest BCUT2D eigenvalue weighted by Crippen LogP contribution is -2.11. The smallest absolute Gasteiger partial charge is 0.224 e. The third kappa shape index (κ3) is 4.63. The molecule has 5 heteroatoms. The summed E-state index contributed by atoms with van der Waals surface area (Å²) in [7, 11) is 0. The summed E-state index contributed by atoms with van der Waals surface area (Å²) in [6.07, 6.45) is 1.33. The fourth-order valence-corrected chi connectivity index (χ4v) is 1.50. The van der Waals surface area contributed by atoms with Crippen LogP contribution in [0.3, 0.4) is 0 Å². The number of anilines is 2. The topological polar surface area (TPSA) is 67.2 Å². The largest absolute Gasteiger partial charge is 0.384 e. The molecule has 0 radical (unpaired) electrons. The molecule has 0 fully saturated rings. The number of hydrogen-bond donors (Lipinski definition) is 3. The molecule has 0 heterocycles. The van der Waals surface area contributed by atoms with Crippen molar-refractivity contribution in [2.24, 2.45) is 5.73 Å². The van der Waals surface area contributed by atoms with Gasteiger partial charge in [-0.1, -0.05) is 18.5 Å². The summed E-state index contributed by atoms with van der Waals surface area (Å²) in [6.45, 7) is 3.21. The minimum absolute atomic E-state index is 0.0137. The van der Waals surface area contributed by atoms with Crippen LogP contribution in [0, 0.1) is 0 Å². The van der Waals surface area contributed by atoms with Crippen LogP contribution in [0.4, 0.5) is 11.4 Å². The van der Waals surface area contributed by atoms with Gasteiger partial charge in [0.1, 0.15) is 0 Å². The summed E-state index contributed by atoms with van der Waals surface area (Å²) in [5, 5.41) is 6.61. The molecule has 94 valence electrons. The second kappa shape index (κ2) is 7.14. The molecule has 0 unspecified atom stereocenters. The minimum atomic E-state index is -0.0137. The quantitative estimate of drug-likeness (QED) is 0.684. The Labute approximate surface area is 107 Å². The van der Waals surface area contributed by atoms with Gasteiger partial charge >= 0.3 is 0 Å². The van der Waals surface area contributed by atoms with Gasteiger partial charge in [-0.15, -0.1) is 0 Å². The van der Waals surface area contributed by atoms with E-state index in [1.165, 1.54) is 0 Å². The van der Waals surface area contributed by atoms with Crippen molar-refractivity contribution in [3.63, 3.8) is 0 Å². The Morgan fingerprint density at radius 2 is 2.24 bits per heavy atom. The van der Waals surface area contributed by atoms with Crippen LogP contribution >= 0.6 is 11.6 Å². The Hall–Kier alpha value is -1.26. The van der Waals surface area contributed by atoms with Crippen molar-refractivity contribution in [2.75, 3.05) is 23.7 Å². The zero-order valence-corrected chi connectivity index (χ0v) is 10.7. The number of benzene rings is 1. The lowest BCUT2D eigenvalue weighted by atomic mass is 10.2. The Balaban J connectivity index is 2.68. The van der Waals surface area contributed by atoms with Crippen LogP contribution < -0.4 is 16.4 Å². The second-order valence-corrected chi connectivity index (χ2v) is 4.07. The van der Waals surface area contributed by atoms with Gasteiger partial charge in [-0.25, -0.2) is 0 Å². The summed E-state index contributed by atoms with van der Waals surface area (Å²) in [6, 6.07) is 5.37. The predicted octanol–water partition coefficient (Wildman–Crippen LogP) is 2.45. The van der Waals surface area contributed by atoms with Gasteiger partial charge in [0, 0.05) is 18.7 Å². The lowest BCUT2D eigenvalue weighted by molar-refractivity contribution is -0.115. The molecule has 1 amide bonds. The standard InChI is InChI=1S/C12H18ClN3O/c1-2-12(17)16-9-4-5-10(13)11(8-9)15-7-3-6-14/h4-5,8,15H,2-3,6-7,14H2,1H3,(H,16,17). The molecule has 0 bridgehead atoms. The van der Waals surface area contributed by atoms with Crippen LogP contribution in [0.5, 0.6) is 0 Å². The number of amides is 1. The molecular weight excluding hydrogens is 238 g/mol. The number of carbonyl (C=O) groups excluding carboxylic acids is 1. The van der Waals surface area contributed by atoms with Crippen LogP contribution in [0.1, 0.15) is 19.8 Å². The number of nitrogens with two attached hydrogens (primary N) is 1. The van der Waals surface area contributed by atoms with Gasteiger partial charge in [-0.05, 0) is 31.2 Å². The van der Waals surface area contributed by atoms with Crippen LogP contribution in [0.2, 0.25) is 5.02 Å². The lowest BCUT2D eigenvalue weighted by Gasteiger charge is -2.10. The first-order chi connectivity index (χ1) is 8.17. The summed E-state index contributed by atoms with van der Waals surface area (Å²) in [5.41, 5.74) is 6.98. The monoisotopic (exact) mass is 255 g/mol. The van der Waals surface area contributed by atoms with Crippen molar-refractivity contribution in [1.82, 2.24) is 0 Å². The third-order valence-corrected chi connectivity index (χ3v) is 2.60. The first-order valence-electron chi connectivity index (χ1n) is 5.70. The van der Waals surface area contributed by atoms with Crippen molar-refractivity contribution < 1.29 is 4.79 Å². The summed E-state index contributed by atoms with van der Waals surface area (Å²) in [5.74, 6) is -0.0137. The molecule has 0 aromatic heterocycles. The van der Waals surface area contributed by atoms with Gasteiger partial charge in [0.25, 0.3) is 0 Å². The minimum Gasteiger partial charge on any atom is -0.384 e. The number of hydrogen-bond acceptors (Lipinski definition) is 3. The molecule has 0 saturated heterocycles. The number of halogens is 1. The van der Waals surface area contributed by atoms with E-state index in [0.717, 1.165) is 24.3 Å². The molecule has 0 atom stereocenters. The van der Waals surface area contributed by atoms with E-state index < -0.39 is 0 Å². The fourth-order valence-electron chi connectivity index (χ4n) is 1.31. The van der Waals surface area contributed by atoms with E-state index in [0.29, 0.717) is 18.0 Å². The third-order valence-electron chi connectivity index (χ3n) is 2.27. The van der Waals surface area contributed by atoms with Crippen LogP contribution in [-0.4, -0.2) is 19.0 Å². The van der Waals surface area contributed by atoms with E-state index in [4.69, 9.17) is 17.3 Å². The van der Waals surface area contributed by atoms with Crippen molar-refractivity contribution in [3.8, 4) is 0 Å². The fraction of sp³-hybridized carbons (Fsp3) is 0.417. The van der Waals surface area contributed by atoms with E-state index in [2.05, 4.69) is 10.6 Å². The van der Waals surface area contributed by atoms with E-state index >= 15 is 0 Å². The van der Waals surface area contributed by atoms with E-state index in [1.807, 2.05) is 13.0 Å². The number of carbonyl (C=O) groups is 1. The molecule has 0 aliphatic carbocycles. The first kappa shape index (κ1) is 13.8. The Morgan fingerprint density at radius 1 is 1.47 bits per heavy atom. The maximum atomic E-state index is 11.3. The van der Waals surface area contributed by atoms with Gasteiger partial charge < -0.3 is 16.4 Å². The molecular formula is C12H18ClN3O. The highest BCUT2D eigenvalue weighted by Crippen LogP contribution is 2.25. The molecule has 4 N–H and O–H groups in total. The zero-order valence-electron chi connectivity index (χ0n) is 9.92. The highest BCUT2D eigenvalue weighted by Gasteiger charge is 2.03. The molecule has 17 heavy (non-hydrogen) atoms. The molecule has 1 aromatic carbocycles. The molecule has 0 aliphatic heterocycles. The van der Waals surface area contributed by atoms with Crippen LogP contribution in [0.15, 0.2) is 18.2 Å². The highest BCUT2D eigenvalue weighted by molar-refractivity contribution is 6.33. The normalized spacial score (nSPS) is 10.1. The average Bonchev–Trinajstić information content (AvgIpc) is 2.33. The zero-order chi connectivity index (χ0) is 12.7. The van der Waals surface area contributed by atoms with Gasteiger partial charge in [-0.2, -0.15) is 0 Å². The van der Waals surface area contributed by atoms with E-state index in [9.17, 15) is 4.79 Å². The maximum absolute atomic E-state index is 11.3. The Bertz CT molecular complexity index is 382. The molecule has 0 saturated carbocycles. The molecule has 0 spiro atoms. The van der Waals surface area contributed by atoms with Gasteiger partial charge in [-0.3, -0.25) is 4.79 Å². The second-order valence-electron chi connectivity index (χ2n) is 3.67. The van der Waals surface area contributed by atoms with E-state index in [-0.39, 0.29) is 5.91 Å². The van der Waals surface area contributed by atoms with Crippen molar-refractivity contribution in [3.05, 3.63) is 23.2 Å². The molecule has 4 nitrogen and oxygen atoms in total. The molecule has 1 rings (SSSR count). The summed E-state index contributed by atoms with van der Waals surface area (Å²) < 4.78 is 0. The average molecular weight is 256 g/mol. The molecule has 1 aromatic rings. The first-order valence-corrected chi connectivity index (χ1v) is 6.08. The summed E-state index contributed by atoms with van der Waals surface area (Å²) >= 11 is 6.04. The highest BCUT2D eigenvalue weighted by atomic mass is 35.5. The van der Waals surface area contributed by atoms with Gasteiger partial charge in [0.2, 0.25) is 5.91 Å².